The highest BCUT2D eigenvalue weighted by molar-refractivity contribution is 6.13. The number of nitrogens with two attached hydrogens (primary N) is 1. The molecule has 1 aliphatic carbocycles. The highest BCUT2D eigenvalue weighted by Crippen LogP contribution is 2.50. The zero-order valence-electron chi connectivity index (χ0n) is 36.7. The quantitative estimate of drug-likeness (QED) is 0.102. The number of hydrogen-bond acceptors (Lipinski definition) is 1. The molecular weight excluding hydrogens is 799 g/mol. The number of hydrogen-bond donors (Lipinski definition) is 1. The van der Waals surface area contributed by atoms with Gasteiger partial charge in [0, 0.05) is 11.5 Å². The van der Waals surface area contributed by atoms with Gasteiger partial charge in [-0.3, -0.25) is 4.99 Å². The van der Waals surface area contributed by atoms with Crippen molar-refractivity contribution in [3.05, 3.63) is 272 Å². The summed E-state index contributed by atoms with van der Waals surface area (Å²) in [5.41, 5.74) is 25.2. The van der Waals surface area contributed by atoms with E-state index in [1.165, 1.54) is 27.8 Å². The normalized spacial score (nSPS) is 13.9. The maximum absolute atomic E-state index is 7.35. The average molecular weight is 848 g/mol. The molecule has 9 aromatic rings. The second-order valence-corrected chi connectivity index (χ2v) is 16.6. The minimum Gasteiger partial charge on any atom is -0.383 e. The lowest BCUT2D eigenvalue weighted by atomic mass is 9.78. The minimum absolute atomic E-state index is 0.0637. The van der Waals surface area contributed by atoms with Crippen LogP contribution in [0, 0.1) is 5.92 Å². The van der Waals surface area contributed by atoms with E-state index in [4.69, 9.17) is 15.7 Å². The van der Waals surface area contributed by atoms with Crippen molar-refractivity contribution in [2.24, 2.45) is 21.6 Å². The molecule has 316 valence electrons. The molecule has 0 fully saturated rings. The molecule has 0 saturated heterocycles. The monoisotopic (exact) mass is 847 g/mol. The number of benzene rings is 9. The van der Waals surface area contributed by atoms with E-state index in [0.29, 0.717) is 18.2 Å². The van der Waals surface area contributed by atoms with Gasteiger partial charge in [-0.15, -0.1) is 0 Å². The molecule has 0 amide bonds. The number of allylic oxidation sites excluding steroid dienone is 3. The van der Waals surface area contributed by atoms with Gasteiger partial charge in [-0.05, 0) is 95.9 Å². The maximum Gasteiger partial charge on any atom is 0.133 e. The third-order valence-corrected chi connectivity index (χ3v) is 12.4. The van der Waals surface area contributed by atoms with Crippen LogP contribution >= 0.6 is 0 Å². The van der Waals surface area contributed by atoms with Gasteiger partial charge in [-0.1, -0.05) is 249 Å². The van der Waals surface area contributed by atoms with Crippen LogP contribution in [0.3, 0.4) is 0 Å². The molecule has 66 heavy (non-hydrogen) atoms. The van der Waals surface area contributed by atoms with Gasteiger partial charge in [0.15, 0.2) is 0 Å². The zero-order valence-corrected chi connectivity index (χ0v) is 36.7. The molecule has 0 radical (unpaired) electrons. The highest BCUT2D eigenvalue weighted by atomic mass is 15.0. The van der Waals surface area contributed by atoms with Gasteiger partial charge in [0.05, 0.1) is 6.54 Å². The molecule has 0 aromatic heterocycles. The second-order valence-electron chi connectivity index (χ2n) is 16.6. The van der Waals surface area contributed by atoms with Crippen molar-refractivity contribution in [2.75, 3.05) is 0 Å². The van der Waals surface area contributed by atoms with Crippen molar-refractivity contribution in [2.45, 2.75) is 13.0 Å². The molecule has 0 bridgehead atoms. The van der Waals surface area contributed by atoms with Gasteiger partial charge in [0.25, 0.3) is 0 Å². The van der Waals surface area contributed by atoms with Gasteiger partial charge in [0.2, 0.25) is 0 Å². The lowest BCUT2D eigenvalue weighted by Crippen LogP contribution is -2.21. The summed E-state index contributed by atoms with van der Waals surface area (Å²) in [6, 6.07) is 83.5. The maximum atomic E-state index is 7.35. The first-order valence-corrected chi connectivity index (χ1v) is 22.7. The first kappa shape index (κ1) is 41.6. The third-order valence-electron chi connectivity index (χ3n) is 12.4. The van der Waals surface area contributed by atoms with Crippen LogP contribution in [0.25, 0.3) is 72.3 Å². The Balaban J connectivity index is 1.14. The summed E-state index contributed by atoms with van der Waals surface area (Å²) in [6.07, 6.45) is 7.48. The van der Waals surface area contributed by atoms with Crippen molar-refractivity contribution in [1.29, 1.82) is 0 Å². The Labute approximate surface area is 388 Å². The molecule has 0 heterocycles. The Kier molecular flexibility index (Phi) is 12.3. The molecule has 1 atom stereocenters. The summed E-state index contributed by atoms with van der Waals surface area (Å²) in [6.45, 7) is 0.475. The van der Waals surface area contributed by atoms with E-state index in [9.17, 15) is 0 Å². The van der Waals surface area contributed by atoms with Crippen LogP contribution in [0.5, 0.6) is 0 Å². The van der Waals surface area contributed by atoms with Crippen LogP contribution in [0.1, 0.15) is 23.1 Å². The van der Waals surface area contributed by atoms with Crippen LogP contribution in [0.4, 0.5) is 0 Å². The number of nitrogens with zero attached hydrogens (tertiary/aromatic N) is 2. The predicted molar refractivity (Wildman–Crippen MR) is 279 cm³/mol. The summed E-state index contributed by atoms with van der Waals surface area (Å²) in [5, 5.41) is 0. The molecule has 3 nitrogen and oxygen atoms in total. The summed E-state index contributed by atoms with van der Waals surface area (Å²) < 4.78 is 0. The van der Waals surface area contributed by atoms with Crippen LogP contribution in [0.15, 0.2) is 265 Å². The predicted octanol–water partition coefficient (Wildman–Crippen LogP) is 15.7. The molecule has 3 heteroatoms. The summed E-state index contributed by atoms with van der Waals surface area (Å²) in [5.74, 6) is 1.06. The van der Waals surface area contributed by atoms with Gasteiger partial charge < -0.3 is 5.73 Å². The molecule has 1 unspecified atom stereocenters. The van der Waals surface area contributed by atoms with Gasteiger partial charge in [0.1, 0.15) is 11.7 Å². The fourth-order valence-electron chi connectivity index (χ4n) is 9.07. The second kappa shape index (κ2) is 19.6. The summed E-state index contributed by atoms with van der Waals surface area (Å²) in [4.78, 5) is 10.6. The highest BCUT2D eigenvalue weighted by Gasteiger charge is 2.25. The zero-order chi connectivity index (χ0) is 44.5. The van der Waals surface area contributed by atoms with E-state index >= 15 is 0 Å². The Morgan fingerprint density at radius 3 is 1.42 bits per heavy atom. The topological polar surface area (TPSA) is 50.7 Å². The number of rotatable bonds is 11. The van der Waals surface area contributed by atoms with Crippen molar-refractivity contribution in [3.8, 4) is 66.8 Å². The van der Waals surface area contributed by atoms with E-state index in [0.717, 1.165) is 67.6 Å². The van der Waals surface area contributed by atoms with Crippen molar-refractivity contribution < 1.29 is 0 Å². The van der Waals surface area contributed by atoms with Crippen LogP contribution in [0.2, 0.25) is 0 Å². The molecule has 0 aliphatic heterocycles. The number of aliphatic imine (C=N–C) groups is 2. The fraction of sp³-hybridized carbons (Fsp3) is 0.0476. The molecule has 10 rings (SSSR count). The van der Waals surface area contributed by atoms with Crippen molar-refractivity contribution >= 4 is 17.2 Å². The fourth-order valence-corrected chi connectivity index (χ4v) is 9.07. The van der Waals surface area contributed by atoms with E-state index in [-0.39, 0.29) is 5.92 Å². The molecule has 2 N–H and O–H groups in total. The lowest BCUT2D eigenvalue weighted by Gasteiger charge is -2.25. The Bertz CT molecular complexity index is 3190. The molecule has 0 saturated carbocycles. The Hall–Kier alpha value is -8.40. The Morgan fingerprint density at radius 2 is 0.879 bits per heavy atom. The molecule has 1 aliphatic rings. The van der Waals surface area contributed by atoms with E-state index in [1.807, 2.05) is 6.07 Å². The first-order valence-electron chi connectivity index (χ1n) is 22.7. The van der Waals surface area contributed by atoms with E-state index in [2.05, 4.69) is 249 Å². The standard InChI is InChI=1S/C63H49N3/c64-62(66-63(54-41-39-49(40-42-54)47-23-9-2-10-24-47)65-44-45-35-37-48(38-36-45)46-21-7-1-8-22-46)56-34-20-19-33-55(56)58-43-57(50-25-11-3-12-26-50)59(51-27-13-4-14-28-51)61(53-31-17-6-18-32-53)60(58)52-29-15-5-16-30-52/h1-41,43,54H,42,44H2,(H2,64,65,66). The smallest absolute Gasteiger partial charge is 0.133 e. The summed E-state index contributed by atoms with van der Waals surface area (Å²) >= 11 is 0. The van der Waals surface area contributed by atoms with Crippen LogP contribution in [-0.2, 0) is 6.54 Å². The van der Waals surface area contributed by atoms with Gasteiger partial charge in [-0.2, -0.15) is 0 Å². The molecule has 9 aromatic carbocycles. The van der Waals surface area contributed by atoms with E-state index in [1.54, 1.807) is 0 Å². The van der Waals surface area contributed by atoms with E-state index < -0.39 is 0 Å². The lowest BCUT2D eigenvalue weighted by molar-refractivity contribution is 0.846. The van der Waals surface area contributed by atoms with Crippen molar-refractivity contribution in [1.82, 2.24) is 0 Å². The molecule has 0 spiro atoms. The summed E-state index contributed by atoms with van der Waals surface area (Å²) in [7, 11) is 0. The minimum atomic E-state index is -0.0637. The van der Waals surface area contributed by atoms with Gasteiger partial charge in [-0.25, -0.2) is 4.99 Å². The Morgan fingerprint density at radius 1 is 0.424 bits per heavy atom. The van der Waals surface area contributed by atoms with Crippen molar-refractivity contribution in [3.63, 3.8) is 0 Å². The van der Waals surface area contributed by atoms with Crippen LogP contribution < -0.4 is 5.73 Å². The third kappa shape index (κ3) is 9.01. The number of amidine groups is 2. The molecular formula is C63H49N3. The van der Waals surface area contributed by atoms with Crippen LogP contribution in [-0.4, -0.2) is 11.7 Å². The largest absolute Gasteiger partial charge is 0.383 e. The SMILES string of the molecule is N/C(=N\C(=N/Cc1ccc(-c2ccccc2)cc1)C1C=CC(c2ccccc2)=CC1)c1ccccc1-c1cc(-c2ccccc2)c(-c2ccccc2)c(-c2ccccc2)c1-c1ccccc1. The first-order chi connectivity index (χ1) is 32.7. The average Bonchev–Trinajstić information content (AvgIpc) is 3.41. The van der Waals surface area contributed by atoms with Gasteiger partial charge >= 0.3 is 0 Å².